The molecule has 2 aromatic rings. The van der Waals surface area contributed by atoms with Gasteiger partial charge < -0.3 is 15.5 Å². The monoisotopic (exact) mass is 420 g/mol. The van der Waals surface area contributed by atoms with Crippen molar-refractivity contribution in [2.24, 2.45) is 5.92 Å². The molecule has 0 aliphatic carbocycles. The molecule has 0 aromatic carbocycles. The zero-order valence-electron chi connectivity index (χ0n) is 17.1. The molecule has 1 atom stereocenters. The summed E-state index contributed by atoms with van der Waals surface area (Å²) in [5.74, 6) is -0.231. The molecule has 158 valence electrons. The molecule has 9 nitrogen and oxygen atoms in total. The number of rotatable bonds is 7. The summed E-state index contributed by atoms with van der Waals surface area (Å²) in [5.41, 5.74) is 0.111. The highest BCUT2D eigenvalue weighted by atomic mass is 32.1. The maximum absolute atomic E-state index is 12.8. The lowest BCUT2D eigenvalue weighted by Crippen LogP contribution is -2.43. The fraction of sp³-hybridized carbons (Fsp3) is 0.632. The van der Waals surface area contributed by atoms with Crippen molar-refractivity contribution >= 4 is 38.6 Å². The lowest BCUT2D eigenvalue weighted by atomic mass is 9.97. The van der Waals surface area contributed by atoms with Crippen LogP contribution in [0.15, 0.2) is 11.1 Å². The number of hydrogen-bond acceptors (Lipinski definition) is 7. The second-order valence-electron chi connectivity index (χ2n) is 7.63. The molecule has 1 aliphatic rings. The van der Waals surface area contributed by atoms with Crippen molar-refractivity contribution in [3.05, 3.63) is 16.7 Å². The summed E-state index contributed by atoms with van der Waals surface area (Å²) in [4.78, 5) is 47.9. The third kappa shape index (κ3) is 5.11. The first kappa shape index (κ1) is 21.2. The fourth-order valence-electron chi connectivity index (χ4n) is 3.36. The molecule has 0 bridgehead atoms. The van der Waals surface area contributed by atoms with Crippen molar-refractivity contribution < 1.29 is 9.59 Å². The highest BCUT2D eigenvalue weighted by Crippen LogP contribution is 2.29. The fourth-order valence-corrected chi connectivity index (χ4v) is 4.37. The van der Waals surface area contributed by atoms with Crippen molar-refractivity contribution in [1.82, 2.24) is 25.2 Å². The molecular weight excluding hydrogens is 392 g/mol. The minimum absolute atomic E-state index is 0.00599. The summed E-state index contributed by atoms with van der Waals surface area (Å²) in [5, 5.41) is 6.43. The number of hydrogen-bond donors (Lipinski definition) is 2. The van der Waals surface area contributed by atoms with E-state index in [2.05, 4.69) is 25.5 Å². The number of amides is 2. The van der Waals surface area contributed by atoms with Gasteiger partial charge in [-0.25, -0.2) is 4.98 Å². The van der Waals surface area contributed by atoms with E-state index in [0.717, 1.165) is 25.8 Å². The topological polar surface area (TPSA) is 109 Å². The zero-order valence-corrected chi connectivity index (χ0v) is 17.9. The average molecular weight is 421 g/mol. The van der Waals surface area contributed by atoms with Crippen molar-refractivity contribution in [1.29, 1.82) is 0 Å². The summed E-state index contributed by atoms with van der Waals surface area (Å²) < 4.78 is 1.73. The van der Waals surface area contributed by atoms with Crippen LogP contribution in [0.1, 0.15) is 40.0 Å². The van der Waals surface area contributed by atoms with Crippen molar-refractivity contribution in [2.45, 2.75) is 52.6 Å². The minimum Gasteiger partial charge on any atom is -0.356 e. The maximum atomic E-state index is 12.8. The van der Waals surface area contributed by atoms with Crippen LogP contribution in [0.25, 0.3) is 10.3 Å². The van der Waals surface area contributed by atoms with Crippen molar-refractivity contribution in [3.63, 3.8) is 0 Å². The number of thiazole rings is 1. The van der Waals surface area contributed by atoms with Gasteiger partial charge in [-0.05, 0) is 33.1 Å². The highest BCUT2D eigenvalue weighted by Gasteiger charge is 2.27. The van der Waals surface area contributed by atoms with E-state index >= 15 is 0 Å². The molecule has 0 unspecified atom stereocenters. The van der Waals surface area contributed by atoms with E-state index in [4.69, 9.17) is 0 Å². The molecule has 0 saturated carbocycles. The molecule has 10 heteroatoms. The number of nitrogens with zero attached hydrogens (tertiary/aromatic N) is 4. The van der Waals surface area contributed by atoms with Crippen molar-refractivity contribution in [2.75, 3.05) is 24.5 Å². The van der Waals surface area contributed by atoms with Gasteiger partial charge >= 0.3 is 0 Å². The van der Waals surface area contributed by atoms with Crippen LogP contribution in [0.2, 0.25) is 0 Å². The Morgan fingerprint density at radius 2 is 2.17 bits per heavy atom. The van der Waals surface area contributed by atoms with Crippen LogP contribution in [-0.4, -0.2) is 52.0 Å². The van der Waals surface area contributed by atoms with E-state index < -0.39 is 0 Å². The predicted molar refractivity (Wildman–Crippen MR) is 113 cm³/mol. The van der Waals surface area contributed by atoms with Gasteiger partial charge in [0.05, 0.1) is 5.92 Å². The molecule has 0 radical (unpaired) electrons. The number of piperidine rings is 1. The number of carbonyl (C=O) groups excluding carboxylic acids is 2. The Balaban J connectivity index is 1.77. The van der Waals surface area contributed by atoms with E-state index in [0.29, 0.717) is 28.6 Å². The molecule has 2 aromatic heterocycles. The van der Waals surface area contributed by atoms with E-state index in [-0.39, 0.29) is 35.9 Å². The molecule has 2 amide bonds. The molecular formula is C19H28N6O3S. The summed E-state index contributed by atoms with van der Waals surface area (Å²) >= 11 is 1.27. The third-order valence-corrected chi connectivity index (χ3v) is 5.84. The van der Waals surface area contributed by atoms with Crippen LogP contribution in [0.3, 0.4) is 0 Å². The summed E-state index contributed by atoms with van der Waals surface area (Å²) in [6.07, 6.45) is 4.03. The Morgan fingerprint density at radius 3 is 2.90 bits per heavy atom. The number of nitrogens with one attached hydrogen (secondary N) is 2. The molecule has 29 heavy (non-hydrogen) atoms. The first-order valence-electron chi connectivity index (χ1n) is 10.1. The molecule has 3 rings (SSSR count). The van der Waals surface area contributed by atoms with Crippen LogP contribution >= 0.6 is 11.3 Å². The van der Waals surface area contributed by atoms with Gasteiger partial charge in [0, 0.05) is 25.7 Å². The van der Waals surface area contributed by atoms with E-state index in [9.17, 15) is 14.4 Å². The number of fused-ring (bicyclic) bond motifs is 1. The van der Waals surface area contributed by atoms with Gasteiger partial charge in [0.25, 0.3) is 5.56 Å². The smallest absolute Gasteiger partial charge is 0.273 e. The Kier molecular flexibility index (Phi) is 6.83. The molecule has 0 spiro atoms. The van der Waals surface area contributed by atoms with Gasteiger partial charge in [-0.3, -0.25) is 19.0 Å². The van der Waals surface area contributed by atoms with E-state index in [1.165, 1.54) is 22.2 Å². The van der Waals surface area contributed by atoms with Gasteiger partial charge in [0.2, 0.25) is 11.8 Å². The average Bonchev–Trinajstić information content (AvgIpc) is 3.13. The molecule has 3 heterocycles. The highest BCUT2D eigenvalue weighted by molar-refractivity contribution is 7.22. The lowest BCUT2D eigenvalue weighted by Gasteiger charge is -2.31. The van der Waals surface area contributed by atoms with Gasteiger partial charge in [0.1, 0.15) is 17.6 Å². The normalized spacial score (nSPS) is 17.0. The number of carbonyl (C=O) groups is 2. The first-order valence-corrected chi connectivity index (χ1v) is 10.9. The molecule has 1 aliphatic heterocycles. The summed E-state index contributed by atoms with van der Waals surface area (Å²) in [6, 6.07) is 0.00599. The molecule has 1 fully saturated rings. The van der Waals surface area contributed by atoms with Gasteiger partial charge in [-0.1, -0.05) is 18.3 Å². The largest absolute Gasteiger partial charge is 0.356 e. The van der Waals surface area contributed by atoms with Crippen LogP contribution in [-0.2, 0) is 16.1 Å². The Hall–Kier alpha value is -2.49. The van der Waals surface area contributed by atoms with Gasteiger partial charge in [-0.2, -0.15) is 4.98 Å². The van der Waals surface area contributed by atoms with Crippen LogP contribution in [0.4, 0.5) is 5.13 Å². The minimum atomic E-state index is -0.271. The van der Waals surface area contributed by atoms with Crippen LogP contribution in [0, 0.1) is 5.92 Å². The zero-order chi connectivity index (χ0) is 21.0. The lowest BCUT2D eigenvalue weighted by molar-refractivity contribution is -0.125. The molecule has 1 saturated heterocycles. The molecule has 2 N–H and O–H groups in total. The van der Waals surface area contributed by atoms with E-state index in [1.54, 1.807) is 0 Å². The summed E-state index contributed by atoms with van der Waals surface area (Å²) in [7, 11) is 0. The Bertz CT molecular complexity index is 938. The Morgan fingerprint density at radius 1 is 1.38 bits per heavy atom. The van der Waals surface area contributed by atoms with Crippen molar-refractivity contribution in [3.8, 4) is 0 Å². The number of aromatic nitrogens is 3. The number of anilines is 1. The third-order valence-electron chi connectivity index (χ3n) is 4.75. The van der Waals surface area contributed by atoms with Crippen LogP contribution in [0.5, 0.6) is 0 Å². The second-order valence-corrected chi connectivity index (χ2v) is 8.60. The van der Waals surface area contributed by atoms with E-state index in [1.807, 2.05) is 20.8 Å². The first-order chi connectivity index (χ1) is 13.9. The summed E-state index contributed by atoms with van der Waals surface area (Å²) in [6.45, 7) is 7.75. The van der Waals surface area contributed by atoms with Gasteiger partial charge in [0.15, 0.2) is 10.8 Å². The maximum Gasteiger partial charge on any atom is 0.273 e. The standard InChI is InChI=1S/C19H28N6O3S/c1-4-7-20-17(27)13-6-5-8-24(9-13)19-23-16-15(29-19)18(28)25(11-21-16)10-14(26)22-12(2)3/h11-13H,4-10H2,1-3H3,(H,20,27)(H,22,26)/t13-/m1/s1. The quantitative estimate of drug-likeness (QED) is 0.695. The van der Waals surface area contributed by atoms with Gasteiger partial charge in [-0.15, -0.1) is 0 Å². The SMILES string of the molecule is CCCNC(=O)[C@@H]1CCCN(c2nc3ncn(CC(=O)NC(C)C)c(=O)c3s2)C1. The second kappa shape index (κ2) is 9.34. The van der Waals surface area contributed by atoms with Crippen LogP contribution < -0.4 is 21.1 Å². The predicted octanol–water partition coefficient (Wildman–Crippen LogP) is 1.12. The Labute approximate surface area is 173 Å².